The van der Waals surface area contributed by atoms with E-state index in [1.165, 1.54) is 4.90 Å². The molecule has 0 saturated carbocycles. The monoisotopic (exact) mass is 463 g/mol. The maximum absolute atomic E-state index is 13.7. The molecule has 170 valence electrons. The van der Waals surface area contributed by atoms with E-state index in [0.717, 1.165) is 29.7 Å². The van der Waals surface area contributed by atoms with E-state index in [0.29, 0.717) is 17.3 Å². The quantitative estimate of drug-likeness (QED) is 0.669. The van der Waals surface area contributed by atoms with Gasteiger partial charge in [0.1, 0.15) is 6.04 Å². The summed E-state index contributed by atoms with van der Waals surface area (Å²) in [6, 6.07) is 13.6. The predicted molar refractivity (Wildman–Crippen MR) is 129 cm³/mol. The first-order chi connectivity index (χ1) is 15.9. The maximum Gasteiger partial charge on any atom is 0.247 e. The van der Waals surface area contributed by atoms with Crippen LogP contribution in [0.3, 0.4) is 0 Å². The normalized spacial score (nSPS) is 25.5. The molecule has 1 N–H and O–H groups in total. The molecule has 3 amide bonds. The van der Waals surface area contributed by atoms with Crippen LogP contribution in [0.2, 0.25) is 5.02 Å². The number of unbranched alkanes of at least 4 members (excludes halogenated alkanes) is 1. The molecule has 0 aromatic heterocycles. The molecule has 33 heavy (non-hydrogen) atoms. The minimum atomic E-state index is -0.788. The summed E-state index contributed by atoms with van der Waals surface area (Å²) >= 11 is 5.99. The number of halogens is 1. The third-order valence-electron chi connectivity index (χ3n) is 6.96. The number of fused-ring (bicyclic) bond motifs is 5. The van der Waals surface area contributed by atoms with Crippen LogP contribution in [-0.4, -0.2) is 41.2 Å². The Hall–Kier alpha value is -3.12. The zero-order valence-electron chi connectivity index (χ0n) is 18.6. The van der Waals surface area contributed by atoms with E-state index >= 15 is 0 Å². The Bertz CT molecular complexity index is 1160. The Morgan fingerprint density at radius 2 is 1.73 bits per heavy atom. The van der Waals surface area contributed by atoms with Crippen LogP contribution in [-0.2, 0) is 14.4 Å². The van der Waals surface area contributed by atoms with Gasteiger partial charge in [-0.3, -0.25) is 19.3 Å². The average molecular weight is 464 g/mol. The number of amides is 3. The Morgan fingerprint density at radius 3 is 2.45 bits per heavy atom. The number of hydrogen-bond donors (Lipinski definition) is 1. The van der Waals surface area contributed by atoms with Gasteiger partial charge in [-0.1, -0.05) is 49.2 Å². The summed E-state index contributed by atoms with van der Waals surface area (Å²) in [5.41, 5.74) is 3.55. The SMILES string of the molecule is CCCCN1C(=O)[C@@H]2[C@H](C1=O)[C@@H]1C=C(C)c3ccccc3N1[C@@H]2C(=O)Nc1ccc(Cl)cc1. The van der Waals surface area contributed by atoms with Gasteiger partial charge in [0.2, 0.25) is 17.7 Å². The van der Waals surface area contributed by atoms with Gasteiger partial charge in [0.05, 0.1) is 17.9 Å². The van der Waals surface area contributed by atoms with Crippen LogP contribution in [0.4, 0.5) is 11.4 Å². The van der Waals surface area contributed by atoms with E-state index in [-0.39, 0.29) is 23.8 Å². The molecule has 0 unspecified atom stereocenters. The van der Waals surface area contributed by atoms with Crippen LogP contribution >= 0.6 is 11.6 Å². The summed E-state index contributed by atoms with van der Waals surface area (Å²) in [6.07, 6.45) is 3.68. The Kier molecular flexibility index (Phi) is 5.49. The molecular formula is C26H26ClN3O3. The number of anilines is 2. The smallest absolute Gasteiger partial charge is 0.247 e. The molecule has 0 radical (unpaired) electrons. The van der Waals surface area contributed by atoms with Gasteiger partial charge in [0, 0.05) is 28.5 Å². The van der Waals surface area contributed by atoms with Crippen LogP contribution in [0.15, 0.2) is 54.6 Å². The first kappa shape index (κ1) is 21.7. The maximum atomic E-state index is 13.7. The summed E-state index contributed by atoms with van der Waals surface area (Å²) < 4.78 is 0. The standard InChI is InChI=1S/C26H26ClN3O3/c1-3-4-13-29-25(32)21-20-14-15(2)18-7-5-6-8-19(18)30(20)23(22(21)26(29)33)24(31)28-17-11-9-16(27)10-12-17/h5-12,14,20-23H,3-4,13H2,1-2H3,(H,28,31)/t20-,21+,22+,23-/m0/s1. The van der Waals surface area contributed by atoms with Crippen LogP contribution in [0, 0.1) is 11.8 Å². The number of rotatable bonds is 5. The lowest BCUT2D eigenvalue weighted by molar-refractivity contribution is -0.141. The van der Waals surface area contributed by atoms with Crippen molar-refractivity contribution in [1.82, 2.24) is 4.90 Å². The summed E-state index contributed by atoms with van der Waals surface area (Å²) in [5, 5.41) is 3.52. The molecule has 2 aromatic rings. The fourth-order valence-corrected chi connectivity index (χ4v) is 5.57. The highest BCUT2D eigenvalue weighted by Crippen LogP contribution is 2.50. The van der Waals surface area contributed by atoms with E-state index in [9.17, 15) is 14.4 Å². The number of nitrogens with zero attached hydrogens (tertiary/aromatic N) is 2. The van der Waals surface area contributed by atoms with Gasteiger partial charge in [-0.05, 0) is 49.2 Å². The molecule has 0 bridgehead atoms. The van der Waals surface area contributed by atoms with E-state index in [2.05, 4.69) is 5.32 Å². The lowest BCUT2D eigenvalue weighted by Crippen LogP contribution is -2.50. The van der Waals surface area contributed by atoms with Crippen molar-refractivity contribution in [2.75, 3.05) is 16.8 Å². The molecule has 3 aliphatic heterocycles. The Balaban J connectivity index is 1.57. The molecular weight excluding hydrogens is 438 g/mol. The molecule has 3 aliphatic rings. The molecule has 5 rings (SSSR count). The number of imide groups is 1. The molecule has 7 heteroatoms. The van der Waals surface area contributed by atoms with E-state index in [1.807, 2.05) is 49.1 Å². The van der Waals surface area contributed by atoms with E-state index in [4.69, 9.17) is 11.6 Å². The topological polar surface area (TPSA) is 69.7 Å². The predicted octanol–water partition coefficient (Wildman–Crippen LogP) is 4.35. The van der Waals surface area contributed by atoms with Gasteiger partial charge in [-0.2, -0.15) is 0 Å². The van der Waals surface area contributed by atoms with Crippen molar-refractivity contribution in [3.63, 3.8) is 0 Å². The number of carbonyl (C=O) groups is 3. The van der Waals surface area contributed by atoms with Crippen molar-refractivity contribution in [3.8, 4) is 0 Å². The summed E-state index contributed by atoms with van der Waals surface area (Å²) in [7, 11) is 0. The minimum absolute atomic E-state index is 0.168. The lowest BCUT2D eigenvalue weighted by atomic mass is 9.87. The summed E-state index contributed by atoms with van der Waals surface area (Å²) in [4.78, 5) is 44.0. The molecule has 2 aromatic carbocycles. The highest BCUT2D eigenvalue weighted by Gasteiger charge is 2.64. The second-order valence-electron chi connectivity index (χ2n) is 8.94. The van der Waals surface area contributed by atoms with Crippen molar-refractivity contribution in [2.45, 2.75) is 38.8 Å². The van der Waals surface area contributed by atoms with Gasteiger partial charge in [-0.15, -0.1) is 0 Å². The number of para-hydroxylation sites is 1. The third kappa shape index (κ3) is 3.44. The summed E-state index contributed by atoms with van der Waals surface area (Å²) in [6.45, 7) is 4.45. The summed E-state index contributed by atoms with van der Waals surface area (Å²) in [5.74, 6) is -2.00. The van der Waals surface area contributed by atoms with Crippen molar-refractivity contribution in [1.29, 1.82) is 0 Å². The number of benzene rings is 2. The van der Waals surface area contributed by atoms with Gasteiger partial charge >= 0.3 is 0 Å². The zero-order valence-corrected chi connectivity index (χ0v) is 19.4. The van der Waals surface area contributed by atoms with E-state index < -0.39 is 17.9 Å². The number of allylic oxidation sites excluding steroid dienone is 1. The number of nitrogens with one attached hydrogen (secondary N) is 1. The second kappa shape index (κ2) is 8.34. The van der Waals surface area contributed by atoms with Crippen LogP contribution in [0.25, 0.3) is 5.57 Å². The third-order valence-corrected chi connectivity index (χ3v) is 7.21. The van der Waals surface area contributed by atoms with Crippen molar-refractivity contribution in [3.05, 3.63) is 65.2 Å². The molecule has 0 spiro atoms. The molecule has 6 nitrogen and oxygen atoms in total. The molecule has 3 heterocycles. The highest BCUT2D eigenvalue weighted by atomic mass is 35.5. The molecule has 4 atom stereocenters. The van der Waals surface area contributed by atoms with Gasteiger partial charge in [0.15, 0.2) is 0 Å². The number of likely N-dealkylation sites (tertiary alicyclic amines) is 1. The average Bonchev–Trinajstić information content (AvgIpc) is 3.27. The second-order valence-corrected chi connectivity index (χ2v) is 9.38. The zero-order chi connectivity index (χ0) is 23.3. The highest BCUT2D eigenvalue weighted by molar-refractivity contribution is 6.30. The van der Waals surface area contributed by atoms with Gasteiger partial charge in [-0.25, -0.2) is 0 Å². The largest absolute Gasteiger partial charge is 0.351 e. The van der Waals surface area contributed by atoms with Crippen LogP contribution < -0.4 is 10.2 Å². The number of hydrogen-bond acceptors (Lipinski definition) is 4. The Morgan fingerprint density at radius 1 is 1.03 bits per heavy atom. The first-order valence-corrected chi connectivity index (χ1v) is 11.8. The molecule has 2 saturated heterocycles. The lowest BCUT2D eigenvalue weighted by Gasteiger charge is -2.37. The molecule has 0 aliphatic carbocycles. The van der Waals surface area contributed by atoms with Crippen molar-refractivity contribution < 1.29 is 14.4 Å². The fraction of sp³-hybridized carbons (Fsp3) is 0.346. The fourth-order valence-electron chi connectivity index (χ4n) is 5.45. The first-order valence-electron chi connectivity index (χ1n) is 11.4. The van der Waals surface area contributed by atoms with Gasteiger partial charge in [0.25, 0.3) is 0 Å². The van der Waals surface area contributed by atoms with Crippen LogP contribution in [0.1, 0.15) is 32.3 Å². The minimum Gasteiger partial charge on any atom is -0.351 e. The number of carbonyl (C=O) groups excluding carboxylic acids is 3. The van der Waals surface area contributed by atoms with Crippen molar-refractivity contribution >= 4 is 46.3 Å². The Labute approximate surface area is 198 Å². The van der Waals surface area contributed by atoms with Crippen molar-refractivity contribution in [2.24, 2.45) is 11.8 Å². The van der Waals surface area contributed by atoms with Gasteiger partial charge < -0.3 is 10.2 Å². The molecule has 2 fully saturated rings. The van der Waals surface area contributed by atoms with E-state index in [1.54, 1.807) is 24.3 Å². The van der Waals surface area contributed by atoms with Crippen LogP contribution in [0.5, 0.6) is 0 Å².